The summed E-state index contributed by atoms with van der Waals surface area (Å²) >= 11 is 1.09. The summed E-state index contributed by atoms with van der Waals surface area (Å²) in [5.74, 6) is -0.168. The molecule has 0 aliphatic heterocycles. The van der Waals surface area contributed by atoms with Crippen molar-refractivity contribution in [3.8, 4) is 0 Å². The molecule has 2 N–H and O–H groups in total. The largest absolute Gasteiger partial charge is 0.391 e. The Kier molecular flexibility index (Phi) is 3.50. The number of aromatic nitrogens is 2. The molecule has 1 aliphatic carbocycles. The lowest BCUT2D eigenvalue weighted by molar-refractivity contribution is 0.0719. The van der Waals surface area contributed by atoms with E-state index in [1.165, 1.54) is 0 Å². The van der Waals surface area contributed by atoms with Gasteiger partial charge in [0.2, 0.25) is 0 Å². The Balaban J connectivity index is 1.99. The fourth-order valence-electron chi connectivity index (χ4n) is 1.95. The predicted molar refractivity (Wildman–Crippen MR) is 60.4 cm³/mol. The van der Waals surface area contributed by atoms with Crippen molar-refractivity contribution in [2.45, 2.75) is 44.8 Å². The lowest BCUT2D eigenvalue weighted by atomic mass is 9.92. The van der Waals surface area contributed by atoms with Crippen molar-refractivity contribution < 1.29 is 9.90 Å². The summed E-state index contributed by atoms with van der Waals surface area (Å²) in [6, 6.07) is -0.122. The van der Waals surface area contributed by atoms with Crippen LogP contribution in [0.2, 0.25) is 0 Å². The summed E-state index contributed by atoms with van der Waals surface area (Å²) in [4.78, 5) is 12.4. The van der Waals surface area contributed by atoms with Gasteiger partial charge in [0, 0.05) is 0 Å². The van der Waals surface area contributed by atoms with E-state index < -0.39 is 6.10 Å². The maximum atomic E-state index is 11.8. The highest BCUT2D eigenvalue weighted by atomic mass is 32.1. The first-order valence-electron chi connectivity index (χ1n) is 5.46. The standard InChI is InChI=1S/C10H15N3O2S/c1-6-9(16-13-12-6)10(15)11-7-4-2-3-5-8(7)14/h7-8,14H,2-5H2,1H3,(H,11,15)/t7-,8-/m0/s1. The van der Waals surface area contributed by atoms with Gasteiger partial charge >= 0.3 is 0 Å². The molecule has 1 fully saturated rings. The summed E-state index contributed by atoms with van der Waals surface area (Å²) in [5, 5.41) is 16.4. The third kappa shape index (κ3) is 2.38. The van der Waals surface area contributed by atoms with Crippen molar-refractivity contribution >= 4 is 17.4 Å². The van der Waals surface area contributed by atoms with Crippen molar-refractivity contribution in [1.82, 2.24) is 14.9 Å². The summed E-state index contributed by atoms with van der Waals surface area (Å²) in [5.41, 5.74) is 0.646. The van der Waals surface area contributed by atoms with Gasteiger partial charge in [-0.25, -0.2) is 0 Å². The van der Waals surface area contributed by atoms with Crippen LogP contribution in [-0.2, 0) is 0 Å². The average molecular weight is 241 g/mol. The van der Waals surface area contributed by atoms with Crippen LogP contribution in [0.25, 0.3) is 0 Å². The fourth-order valence-corrected chi connectivity index (χ4v) is 2.51. The highest BCUT2D eigenvalue weighted by Crippen LogP contribution is 2.19. The van der Waals surface area contributed by atoms with Crippen LogP contribution in [0.5, 0.6) is 0 Å². The second-order valence-electron chi connectivity index (χ2n) is 4.12. The van der Waals surface area contributed by atoms with E-state index in [-0.39, 0.29) is 11.9 Å². The molecule has 1 amide bonds. The van der Waals surface area contributed by atoms with Gasteiger partial charge in [0.15, 0.2) is 0 Å². The maximum Gasteiger partial charge on any atom is 0.265 e. The highest BCUT2D eigenvalue weighted by Gasteiger charge is 2.26. The second kappa shape index (κ2) is 4.88. The number of nitrogens with zero attached hydrogens (tertiary/aromatic N) is 2. The van der Waals surface area contributed by atoms with Gasteiger partial charge in [0.25, 0.3) is 5.91 Å². The Hall–Kier alpha value is -1.01. The molecule has 6 heteroatoms. The summed E-state index contributed by atoms with van der Waals surface area (Å²) < 4.78 is 3.72. The molecule has 0 unspecified atom stereocenters. The summed E-state index contributed by atoms with van der Waals surface area (Å²) in [6.07, 6.45) is 3.29. The molecule has 2 atom stereocenters. The molecule has 1 aliphatic rings. The van der Waals surface area contributed by atoms with Crippen LogP contribution in [0.3, 0.4) is 0 Å². The summed E-state index contributed by atoms with van der Waals surface area (Å²) in [6.45, 7) is 1.76. The third-order valence-corrected chi connectivity index (χ3v) is 3.73. The van der Waals surface area contributed by atoms with Crippen LogP contribution in [0.4, 0.5) is 0 Å². The molecule has 0 saturated heterocycles. The average Bonchev–Trinajstić information content (AvgIpc) is 2.68. The third-order valence-electron chi connectivity index (χ3n) is 2.90. The number of aryl methyl sites for hydroxylation is 1. The summed E-state index contributed by atoms with van der Waals surface area (Å²) in [7, 11) is 0. The number of aliphatic hydroxyl groups excluding tert-OH is 1. The number of rotatable bonds is 2. The molecule has 1 aromatic heterocycles. The molecule has 2 rings (SSSR count). The van der Waals surface area contributed by atoms with Crippen LogP contribution in [0.1, 0.15) is 41.0 Å². The van der Waals surface area contributed by atoms with Gasteiger partial charge in [-0.3, -0.25) is 4.79 Å². The number of hydrogen-bond acceptors (Lipinski definition) is 5. The van der Waals surface area contributed by atoms with E-state index in [1.54, 1.807) is 6.92 Å². The molecule has 1 heterocycles. The molecule has 0 spiro atoms. The van der Waals surface area contributed by atoms with Crippen LogP contribution in [0.15, 0.2) is 0 Å². The van der Waals surface area contributed by atoms with Crippen molar-refractivity contribution in [1.29, 1.82) is 0 Å². The fraction of sp³-hybridized carbons (Fsp3) is 0.700. The Labute approximate surface area is 98.0 Å². The molecule has 1 saturated carbocycles. The van der Waals surface area contributed by atoms with Gasteiger partial charge in [0.1, 0.15) is 4.88 Å². The first kappa shape index (κ1) is 11.5. The van der Waals surface area contributed by atoms with Gasteiger partial charge in [-0.05, 0) is 31.3 Å². The van der Waals surface area contributed by atoms with Gasteiger partial charge in [0.05, 0.1) is 17.8 Å². The monoisotopic (exact) mass is 241 g/mol. The predicted octanol–water partition coefficient (Wildman–Crippen LogP) is 0.880. The molecular formula is C10H15N3O2S. The lowest BCUT2D eigenvalue weighted by Crippen LogP contribution is -2.45. The van der Waals surface area contributed by atoms with E-state index in [9.17, 15) is 9.90 Å². The van der Waals surface area contributed by atoms with Gasteiger partial charge < -0.3 is 10.4 Å². The van der Waals surface area contributed by atoms with Gasteiger partial charge in [-0.2, -0.15) is 0 Å². The van der Waals surface area contributed by atoms with E-state index in [0.29, 0.717) is 10.6 Å². The molecule has 1 aromatic rings. The Morgan fingerprint density at radius 3 is 2.88 bits per heavy atom. The minimum absolute atomic E-state index is 0.122. The SMILES string of the molecule is Cc1nnsc1C(=O)N[C@H]1CCCC[C@@H]1O. The molecule has 16 heavy (non-hydrogen) atoms. The molecule has 0 bridgehead atoms. The second-order valence-corrected chi connectivity index (χ2v) is 4.87. The van der Waals surface area contributed by atoms with Crippen LogP contribution in [0, 0.1) is 6.92 Å². The van der Waals surface area contributed by atoms with Crippen molar-refractivity contribution in [3.05, 3.63) is 10.6 Å². The first-order chi connectivity index (χ1) is 7.68. The number of carbonyl (C=O) groups excluding carboxylic acids is 1. The van der Waals surface area contributed by atoms with Crippen LogP contribution >= 0.6 is 11.5 Å². The molecule has 5 nitrogen and oxygen atoms in total. The molecule has 0 aromatic carbocycles. The van der Waals surface area contributed by atoms with Crippen molar-refractivity contribution in [2.75, 3.05) is 0 Å². The first-order valence-corrected chi connectivity index (χ1v) is 6.23. The zero-order valence-corrected chi connectivity index (χ0v) is 9.96. The molecule has 88 valence electrons. The smallest absolute Gasteiger partial charge is 0.265 e. The number of amides is 1. The number of carbonyl (C=O) groups is 1. The Morgan fingerprint density at radius 2 is 2.25 bits per heavy atom. The van der Waals surface area contributed by atoms with Crippen molar-refractivity contribution in [3.63, 3.8) is 0 Å². The van der Waals surface area contributed by atoms with Gasteiger partial charge in [-0.15, -0.1) is 5.10 Å². The number of hydrogen-bond donors (Lipinski definition) is 2. The number of aliphatic hydroxyl groups is 1. The maximum absolute atomic E-state index is 11.8. The topological polar surface area (TPSA) is 75.1 Å². The highest BCUT2D eigenvalue weighted by molar-refractivity contribution is 7.08. The minimum atomic E-state index is -0.418. The van der Waals surface area contributed by atoms with E-state index >= 15 is 0 Å². The Morgan fingerprint density at radius 1 is 1.50 bits per heavy atom. The lowest BCUT2D eigenvalue weighted by Gasteiger charge is -2.28. The van der Waals surface area contributed by atoms with Crippen LogP contribution < -0.4 is 5.32 Å². The minimum Gasteiger partial charge on any atom is -0.391 e. The van der Waals surface area contributed by atoms with Crippen molar-refractivity contribution in [2.24, 2.45) is 0 Å². The van der Waals surface area contributed by atoms with E-state index in [2.05, 4.69) is 14.9 Å². The van der Waals surface area contributed by atoms with E-state index in [1.807, 2.05) is 0 Å². The Bertz CT molecular complexity index is 380. The van der Waals surface area contributed by atoms with Gasteiger partial charge in [-0.1, -0.05) is 17.3 Å². The quantitative estimate of drug-likeness (QED) is 0.806. The molecular weight excluding hydrogens is 226 g/mol. The van der Waals surface area contributed by atoms with E-state index in [4.69, 9.17) is 0 Å². The normalized spacial score (nSPS) is 25.4. The van der Waals surface area contributed by atoms with E-state index in [0.717, 1.165) is 37.2 Å². The van der Waals surface area contributed by atoms with Crippen LogP contribution in [-0.4, -0.2) is 32.7 Å². The number of nitrogens with one attached hydrogen (secondary N) is 1. The zero-order valence-electron chi connectivity index (χ0n) is 9.14. The zero-order chi connectivity index (χ0) is 11.5. The molecule has 0 radical (unpaired) electrons.